The van der Waals surface area contributed by atoms with Crippen molar-refractivity contribution in [3.05, 3.63) is 28.7 Å². The Morgan fingerprint density at radius 1 is 1.50 bits per heavy atom. The fraction of sp³-hybridized carbons (Fsp3) is 0.571. The van der Waals surface area contributed by atoms with Crippen LogP contribution in [0.4, 0.5) is 0 Å². The Morgan fingerprint density at radius 2 is 2.28 bits per heavy atom. The first-order valence-corrected chi connectivity index (χ1v) is 8.07. The van der Waals surface area contributed by atoms with Crippen LogP contribution in [-0.4, -0.2) is 29.5 Å². The lowest BCUT2D eigenvalue weighted by Crippen LogP contribution is -2.50. The monoisotopic (exact) mass is 329 g/mol. The van der Waals surface area contributed by atoms with Crippen molar-refractivity contribution in [3.63, 3.8) is 0 Å². The smallest absolute Gasteiger partial charge is 0.0613 e. The van der Waals surface area contributed by atoms with Crippen LogP contribution in [0.2, 0.25) is 0 Å². The van der Waals surface area contributed by atoms with Crippen LogP contribution in [0.3, 0.4) is 0 Å². The fourth-order valence-electron chi connectivity index (χ4n) is 2.58. The van der Waals surface area contributed by atoms with Gasteiger partial charge in [-0.15, -0.1) is 11.8 Å². The number of aliphatic hydroxyl groups is 1. The Balaban J connectivity index is 2.04. The maximum atomic E-state index is 9.60. The molecule has 2 rings (SSSR count). The van der Waals surface area contributed by atoms with Gasteiger partial charge in [0, 0.05) is 20.2 Å². The van der Waals surface area contributed by atoms with Gasteiger partial charge in [0.1, 0.15) is 0 Å². The van der Waals surface area contributed by atoms with Gasteiger partial charge < -0.3 is 10.4 Å². The normalized spacial score (nSPS) is 28.3. The van der Waals surface area contributed by atoms with Gasteiger partial charge in [0.05, 0.1) is 6.61 Å². The third-order valence-electron chi connectivity index (χ3n) is 3.76. The molecule has 100 valence electrons. The summed E-state index contributed by atoms with van der Waals surface area (Å²) < 4.78 is 1.17. The highest BCUT2D eigenvalue weighted by Crippen LogP contribution is 2.40. The zero-order valence-electron chi connectivity index (χ0n) is 10.7. The summed E-state index contributed by atoms with van der Waals surface area (Å²) in [5, 5.41) is 13.5. The number of nitrogens with one attached hydrogen (secondary N) is 1. The predicted molar refractivity (Wildman–Crippen MR) is 81.1 cm³/mol. The average molecular weight is 330 g/mol. The Labute approximate surface area is 122 Å². The first-order valence-electron chi connectivity index (χ1n) is 6.40. The van der Waals surface area contributed by atoms with Gasteiger partial charge in [-0.2, -0.15) is 0 Å². The third-order valence-corrected chi connectivity index (χ3v) is 6.06. The highest BCUT2D eigenvalue weighted by Gasteiger charge is 2.34. The fourth-order valence-corrected chi connectivity index (χ4v) is 4.53. The number of hydrogen-bond acceptors (Lipinski definition) is 3. The zero-order valence-corrected chi connectivity index (χ0v) is 13.1. The predicted octanol–water partition coefficient (Wildman–Crippen LogP) is 3.43. The molecule has 1 saturated carbocycles. The van der Waals surface area contributed by atoms with Gasteiger partial charge in [0.25, 0.3) is 0 Å². The number of thioether (sulfide) groups is 1. The van der Waals surface area contributed by atoms with Crippen LogP contribution in [0.25, 0.3) is 0 Å². The van der Waals surface area contributed by atoms with E-state index in [2.05, 4.69) is 39.4 Å². The molecule has 4 heteroatoms. The van der Waals surface area contributed by atoms with Gasteiger partial charge in [-0.05, 0) is 54.4 Å². The summed E-state index contributed by atoms with van der Waals surface area (Å²) in [5.41, 5.74) is -0.0722. The van der Waals surface area contributed by atoms with Crippen LogP contribution in [0.15, 0.2) is 33.6 Å². The van der Waals surface area contributed by atoms with E-state index in [1.165, 1.54) is 22.2 Å². The van der Waals surface area contributed by atoms with Crippen molar-refractivity contribution >= 4 is 27.7 Å². The molecule has 2 unspecified atom stereocenters. The SMILES string of the molecule is CNC1(CO)CCCC(Sc2ccccc2Br)C1. The molecular weight excluding hydrogens is 310 g/mol. The standard InChI is InChI=1S/C14H20BrNOS/c1-16-14(10-17)8-4-5-11(9-14)18-13-7-3-2-6-12(13)15/h2-3,6-7,11,16-17H,4-5,8-10H2,1H3. The highest BCUT2D eigenvalue weighted by molar-refractivity contribution is 9.10. The first kappa shape index (κ1) is 14.4. The van der Waals surface area contributed by atoms with E-state index in [0.29, 0.717) is 5.25 Å². The number of halogens is 1. The van der Waals surface area contributed by atoms with Crippen LogP contribution < -0.4 is 5.32 Å². The molecule has 0 spiro atoms. The topological polar surface area (TPSA) is 32.3 Å². The highest BCUT2D eigenvalue weighted by atomic mass is 79.9. The van der Waals surface area contributed by atoms with Gasteiger partial charge in [0.2, 0.25) is 0 Å². The second-order valence-corrected chi connectivity index (χ2v) is 7.15. The molecule has 1 fully saturated rings. The van der Waals surface area contributed by atoms with Gasteiger partial charge in [-0.25, -0.2) is 0 Å². The van der Waals surface area contributed by atoms with E-state index in [-0.39, 0.29) is 12.1 Å². The summed E-state index contributed by atoms with van der Waals surface area (Å²) in [6, 6.07) is 8.36. The molecule has 18 heavy (non-hydrogen) atoms. The van der Waals surface area contributed by atoms with Crippen LogP contribution in [0.1, 0.15) is 25.7 Å². The van der Waals surface area contributed by atoms with E-state index in [0.717, 1.165) is 12.8 Å². The number of likely N-dealkylation sites (N-methyl/N-ethyl adjacent to an activating group) is 1. The van der Waals surface area contributed by atoms with Crippen molar-refractivity contribution in [2.75, 3.05) is 13.7 Å². The summed E-state index contributed by atoms with van der Waals surface area (Å²) in [4.78, 5) is 1.30. The number of benzene rings is 1. The van der Waals surface area contributed by atoms with Crippen LogP contribution >= 0.6 is 27.7 Å². The molecule has 0 radical (unpaired) electrons. The minimum Gasteiger partial charge on any atom is -0.394 e. The second kappa shape index (κ2) is 6.42. The molecule has 0 amide bonds. The third kappa shape index (κ3) is 3.29. The Hall–Kier alpha value is -0.0300. The quantitative estimate of drug-likeness (QED) is 0.887. The summed E-state index contributed by atoms with van der Waals surface area (Å²) in [6.45, 7) is 0.233. The van der Waals surface area contributed by atoms with Crippen molar-refractivity contribution in [1.82, 2.24) is 5.32 Å². The molecular formula is C14H20BrNOS. The van der Waals surface area contributed by atoms with Crippen molar-refractivity contribution in [3.8, 4) is 0 Å². The van der Waals surface area contributed by atoms with E-state index in [1.54, 1.807) is 0 Å². The largest absolute Gasteiger partial charge is 0.394 e. The molecule has 0 heterocycles. The van der Waals surface area contributed by atoms with Crippen LogP contribution in [-0.2, 0) is 0 Å². The molecule has 1 aliphatic carbocycles. The van der Waals surface area contributed by atoms with Crippen molar-refractivity contribution in [1.29, 1.82) is 0 Å². The number of rotatable bonds is 4. The summed E-state index contributed by atoms with van der Waals surface area (Å²) >= 11 is 5.53. The first-order chi connectivity index (χ1) is 8.69. The molecule has 2 atom stereocenters. The number of hydrogen-bond donors (Lipinski definition) is 2. The Kier molecular flexibility index (Phi) is 5.13. The van der Waals surface area contributed by atoms with Gasteiger partial charge in [0.15, 0.2) is 0 Å². The maximum absolute atomic E-state index is 9.60. The van der Waals surface area contributed by atoms with Crippen molar-refractivity contribution in [2.24, 2.45) is 0 Å². The van der Waals surface area contributed by atoms with Gasteiger partial charge >= 0.3 is 0 Å². The van der Waals surface area contributed by atoms with E-state index < -0.39 is 0 Å². The lowest BCUT2D eigenvalue weighted by molar-refractivity contribution is 0.131. The summed E-state index contributed by atoms with van der Waals surface area (Å²) in [6.07, 6.45) is 4.53. The summed E-state index contributed by atoms with van der Waals surface area (Å²) in [7, 11) is 1.96. The van der Waals surface area contributed by atoms with Gasteiger partial charge in [-0.3, -0.25) is 0 Å². The van der Waals surface area contributed by atoms with E-state index in [9.17, 15) is 5.11 Å². The Bertz CT molecular complexity index is 395. The number of aliphatic hydroxyl groups excluding tert-OH is 1. The zero-order chi connectivity index (χ0) is 13.0. The van der Waals surface area contributed by atoms with Crippen LogP contribution in [0.5, 0.6) is 0 Å². The maximum Gasteiger partial charge on any atom is 0.0613 e. The lowest BCUT2D eigenvalue weighted by Gasteiger charge is -2.39. The van der Waals surface area contributed by atoms with Crippen molar-refractivity contribution < 1.29 is 5.11 Å². The van der Waals surface area contributed by atoms with E-state index >= 15 is 0 Å². The van der Waals surface area contributed by atoms with Gasteiger partial charge in [-0.1, -0.05) is 18.6 Å². The molecule has 1 aromatic carbocycles. The minimum atomic E-state index is -0.0722. The van der Waals surface area contributed by atoms with E-state index in [1.807, 2.05) is 24.9 Å². The molecule has 0 aromatic heterocycles. The second-order valence-electron chi connectivity index (χ2n) is 4.96. The minimum absolute atomic E-state index is 0.0722. The molecule has 1 aliphatic rings. The lowest BCUT2D eigenvalue weighted by atomic mass is 9.82. The molecule has 1 aromatic rings. The molecule has 0 aliphatic heterocycles. The van der Waals surface area contributed by atoms with Crippen LogP contribution in [0, 0.1) is 0 Å². The molecule has 2 N–H and O–H groups in total. The molecule has 0 bridgehead atoms. The Morgan fingerprint density at radius 3 is 2.94 bits per heavy atom. The van der Waals surface area contributed by atoms with Crippen molar-refractivity contribution in [2.45, 2.75) is 41.4 Å². The molecule has 2 nitrogen and oxygen atoms in total. The van der Waals surface area contributed by atoms with E-state index in [4.69, 9.17) is 0 Å². The molecule has 0 saturated heterocycles. The average Bonchev–Trinajstić information content (AvgIpc) is 2.41. The summed E-state index contributed by atoms with van der Waals surface area (Å²) in [5.74, 6) is 0.